The summed E-state index contributed by atoms with van der Waals surface area (Å²) in [5.74, 6) is 0.0282. The highest BCUT2D eigenvalue weighted by Gasteiger charge is 2.31. The van der Waals surface area contributed by atoms with Gasteiger partial charge in [0.05, 0.1) is 17.5 Å². The number of rotatable bonds is 16. The summed E-state index contributed by atoms with van der Waals surface area (Å²) in [6, 6.07) is 19.7. The molecule has 0 spiro atoms. The van der Waals surface area contributed by atoms with Crippen LogP contribution >= 0.6 is 0 Å². The summed E-state index contributed by atoms with van der Waals surface area (Å²) in [4.78, 5) is 13.5. The number of amides is 1. The fourth-order valence-electron chi connectivity index (χ4n) is 5.03. The molecule has 0 saturated carbocycles. The third-order valence-electron chi connectivity index (χ3n) is 7.36. The Bertz CT molecular complexity index is 1420. The highest BCUT2D eigenvalue weighted by Crippen LogP contribution is 2.23. The van der Waals surface area contributed by atoms with Crippen molar-refractivity contribution in [1.82, 2.24) is 14.9 Å². The van der Waals surface area contributed by atoms with Gasteiger partial charge in [0.15, 0.2) is 0 Å². The van der Waals surface area contributed by atoms with Gasteiger partial charge in [-0.25, -0.2) is 8.42 Å². The van der Waals surface area contributed by atoms with Crippen LogP contribution in [0.4, 0.5) is 5.69 Å². The smallest absolute Gasteiger partial charge is 0.243 e. The quantitative estimate of drug-likeness (QED) is 0.134. The van der Waals surface area contributed by atoms with Gasteiger partial charge >= 0.3 is 0 Å². The molecule has 0 heterocycles. The largest absolute Gasteiger partial charge is 0.399 e. The minimum absolute atomic E-state index is 0.0236. The maximum atomic E-state index is 13.5. The van der Waals surface area contributed by atoms with E-state index < -0.39 is 16.1 Å². The molecular weight excluding hydrogens is 560 g/mol. The van der Waals surface area contributed by atoms with Crippen LogP contribution in [0, 0.1) is 11.3 Å². The molecule has 8 nitrogen and oxygen atoms in total. The Labute approximate surface area is 258 Å². The number of nitrogen functional groups attached to an aromatic ring is 1. The third-order valence-corrected chi connectivity index (χ3v) is 9.29. The van der Waals surface area contributed by atoms with Crippen LogP contribution in [0.5, 0.6) is 0 Å². The molecule has 0 aliphatic heterocycles. The maximum Gasteiger partial charge on any atom is 0.243 e. The molecule has 0 bridgehead atoms. The molecular formula is C34H50N4O4S. The van der Waals surface area contributed by atoms with Crippen LogP contribution in [0.2, 0.25) is 0 Å². The summed E-state index contributed by atoms with van der Waals surface area (Å²) in [6.45, 7) is 11.5. The van der Waals surface area contributed by atoms with E-state index in [4.69, 9.17) is 5.73 Å². The van der Waals surface area contributed by atoms with Crippen molar-refractivity contribution >= 4 is 32.4 Å². The lowest BCUT2D eigenvalue weighted by Gasteiger charge is -2.31. The molecule has 9 heteroatoms. The van der Waals surface area contributed by atoms with Gasteiger partial charge < -0.3 is 21.5 Å². The van der Waals surface area contributed by atoms with Crippen molar-refractivity contribution in [3.8, 4) is 0 Å². The van der Waals surface area contributed by atoms with Gasteiger partial charge in [0.2, 0.25) is 15.9 Å². The first-order valence-corrected chi connectivity index (χ1v) is 16.7. The molecule has 0 aromatic heterocycles. The van der Waals surface area contributed by atoms with E-state index in [-0.39, 0.29) is 34.8 Å². The number of carbonyl (C=O) groups excluding carboxylic acids is 1. The molecule has 0 aliphatic carbocycles. The van der Waals surface area contributed by atoms with Crippen molar-refractivity contribution in [2.24, 2.45) is 11.3 Å². The highest BCUT2D eigenvalue weighted by molar-refractivity contribution is 7.89. The molecule has 43 heavy (non-hydrogen) atoms. The zero-order chi connectivity index (χ0) is 31.6. The number of aliphatic hydroxyl groups is 1. The average molecular weight is 611 g/mol. The third kappa shape index (κ3) is 10.6. The van der Waals surface area contributed by atoms with E-state index in [9.17, 15) is 18.3 Å². The Morgan fingerprint density at radius 3 is 2.28 bits per heavy atom. The number of hydrogen-bond acceptors (Lipinski definition) is 6. The van der Waals surface area contributed by atoms with Crippen molar-refractivity contribution in [3.05, 3.63) is 72.3 Å². The van der Waals surface area contributed by atoms with Gasteiger partial charge in [-0.1, -0.05) is 83.5 Å². The van der Waals surface area contributed by atoms with Crippen LogP contribution in [0.15, 0.2) is 71.6 Å². The predicted molar refractivity (Wildman–Crippen MR) is 176 cm³/mol. The minimum Gasteiger partial charge on any atom is -0.399 e. The Balaban J connectivity index is 1.60. The standard InChI is InChI=1S/C34H50N4O4S/c1-25(2)22-38(43(41,42)31-17-15-29(35)16-18-31)30(23-39)12-8-9-19-36-33(40)32(37-24-34(3,4)5)21-26-13-14-27-10-6-7-11-28(27)20-26/h6-7,10-11,13-18,20,25,30,32,37,39H,8-9,12,19,21-24,35H2,1-5H3,(H,36,40)/t30-,32-/m0/s1. The van der Waals surface area contributed by atoms with Gasteiger partial charge in [0, 0.05) is 31.4 Å². The Morgan fingerprint density at radius 1 is 0.977 bits per heavy atom. The summed E-state index contributed by atoms with van der Waals surface area (Å²) < 4.78 is 28.4. The topological polar surface area (TPSA) is 125 Å². The SMILES string of the molecule is CC(C)CN([C@H](CO)CCCCNC(=O)[C@H](Cc1ccc2ccccc2c1)NCC(C)(C)C)S(=O)(=O)c1ccc(N)cc1. The first-order chi connectivity index (χ1) is 20.3. The monoisotopic (exact) mass is 610 g/mol. The molecule has 0 radical (unpaired) electrons. The van der Waals surface area contributed by atoms with Crippen LogP contribution in [-0.4, -0.2) is 62.1 Å². The number of unbranched alkanes of at least 4 members (excludes halogenated alkanes) is 1. The number of carbonyl (C=O) groups is 1. The number of fused-ring (bicyclic) bond motifs is 1. The number of nitrogens with two attached hydrogens (primary N) is 1. The second kappa shape index (κ2) is 15.7. The van der Waals surface area contributed by atoms with Crippen molar-refractivity contribution in [2.45, 2.75) is 77.3 Å². The molecule has 5 N–H and O–H groups in total. The minimum atomic E-state index is -3.81. The number of anilines is 1. The predicted octanol–water partition coefficient (Wildman–Crippen LogP) is 4.96. The molecule has 1 amide bonds. The Hall–Kier alpha value is -2.98. The Kier molecular flexibility index (Phi) is 12.6. The van der Waals surface area contributed by atoms with E-state index in [0.717, 1.165) is 10.9 Å². The van der Waals surface area contributed by atoms with E-state index in [1.54, 1.807) is 12.1 Å². The lowest BCUT2D eigenvalue weighted by Crippen LogP contribution is -2.48. The molecule has 3 aromatic carbocycles. The maximum absolute atomic E-state index is 13.5. The van der Waals surface area contributed by atoms with E-state index in [0.29, 0.717) is 51.0 Å². The molecule has 0 saturated heterocycles. The summed E-state index contributed by atoms with van der Waals surface area (Å²) in [6.07, 6.45) is 2.38. The second-order valence-corrected chi connectivity index (χ2v) is 14.9. The first kappa shape index (κ1) is 34.5. The zero-order valence-electron chi connectivity index (χ0n) is 26.3. The van der Waals surface area contributed by atoms with E-state index in [1.165, 1.54) is 21.8 Å². The summed E-state index contributed by atoms with van der Waals surface area (Å²) in [7, 11) is -3.81. The van der Waals surface area contributed by atoms with Crippen LogP contribution in [0.25, 0.3) is 10.8 Å². The molecule has 236 valence electrons. The lowest BCUT2D eigenvalue weighted by molar-refractivity contribution is -0.123. The van der Waals surface area contributed by atoms with Crippen molar-refractivity contribution in [1.29, 1.82) is 0 Å². The van der Waals surface area contributed by atoms with Crippen LogP contribution < -0.4 is 16.4 Å². The number of benzene rings is 3. The first-order valence-electron chi connectivity index (χ1n) is 15.3. The molecule has 0 fully saturated rings. The molecule has 3 aromatic rings. The van der Waals surface area contributed by atoms with Gasteiger partial charge in [-0.15, -0.1) is 0 Å². The van der Waals surface area contributed by atoms with Crippen molar-refractivity contribution in [2.75, 3.05) is 32.0 Å². The fraction of sp³-hybridized carbons (Fsp3) is 0.500. The lowest BCUT2D eigenvalue weighted by atomic mass is 9.95. The summed E-state index contributed by atoms with van der Waals surface area (Å²) in [5.41, 5.74) is 7.37. The number of nitrogens with one attached hydrogen (secondary N) is 2. The molecule has 3 rings (SSSR count). The van der Waals surface area contributed by atoms with E-state index in [1.807, 2.05) is 26.0 Å². The van der Waals surface area contributed by atoms with Crippen molar-refractivity contribution < 1.29 is 18.3 Å². The summed E-state index contributed by atoms with van der Waals surface area (Å²) in [5, 5.41) is 19.1. The van der Waals surface area contributed by atoms with E-state index in [2.05, 4.69) is 61.7 Å². The number of hydrogen-bond donors (Lipinski definition) is 4. The summed E-state index contributed by atoms with van der Waals surface area (Å²) >= 11 is 0. The number of sulfonamides is 1. The van der Waals surface area contributed by atoms with Gasteiger partial charge in [-0.05, 0) is 71.2 Å². The van der Waals surface area contributed by atoms with Crippen LogP contribution in [-0.2, 0) is 21.2 Å². The molecule has 0 unspecified atom stereocenters. The van der Waals surface area contributed by atoms with Gasteiger partial charge in [0.1, 0.15) is 0 Å². The van der Waals surface area contributed by atoms with Crippen molar-refractivity contribution in [3.63, 3.8) is 0 Å². The van der Waals surface area contributed by atoms with Crippen LogP contribution in [0.1, 0.15) is 59.4 Å². The number of aliphatic hydroxyl groups excluding tert-OH is 1. The average Bonchev–Trinajstić information content (AvgIpc) is 2.95. The highest BCUT2D eigenvalue weighted by atomic mass is 32.2. The normalized spacial score (nSPS) is 13.9. The Morgan fingerprint density at radius 2 is 1.65 bits per heavy atom. The molecule has 2 atom stereocenters. The fourth-order valence-corrected chi connectivity index (χ4v) is 6.84. The van der Waals surface area contributed by atoms with Gasteiger partial charge in [-0.3, -0.25) is 4.79 Å². The molecule has 0 aliphatic rings. The zero-order valence-corrected chi connectivity index (χ0v) is 27.2. The van der Waals surface area contributed by atoms with E-state index >= 15 is 0 Å². The second-order valence-electron chi connectivity index (χ2n) is 13.0. The van der Waals surface area contributed by atoms with Gasteiger partial charge in [0.25, 0.3) is 0 Å². The number of nitrogens with zero attached hydrogens (tertiary/aromatic N) is 1. The van der Waals surface area contributed by atoms with Gasteiger partial charge in [-0.2, -0.15) is 4.31 Å². The van der Waals surface area contributed by atoms with Crippen LogP contribution in [0.3, 0.4) is 0 Å².